The molecule has 2 fully saturated rings. The molecule has 1 heterocycles. The molecular weight excluding hydrogens is 317 g/mol. The Kier molecular flexibility index (Phi) is 4.60. The Bertz CT molecular complexity index is 611. The lowest BCUT2D eigenvalue weighted by Crippen LogP contribution is -2.56. The zero-order chi connectivity index (χ0) is 17.4. The highest BCUT2D eigenvalue weighted by Gasteiger charge is 2.48. The zero-order valence-electron chi connectivity index (χ0n) is 13.8. The van der Waals surface area contributed by atoms with Gasteiger partial charge in [0.1, 0.15) is 0 Å². The summed E-state index contributed by atoms with van der Waals surface area (Å²) in [7, 11) is 1.88. The largest absolute Gasteiger partial charge is 0.416 e. The zero-order valence-corrected chi connectivity index (χ0v) is 13.8. The van der Waals surface area contributed by atoms with Crippen LogP contribution in [0, 0.1) is 0 Å². The van der Waals surface area contributed by atoms with Gasteiger partial charge in [-0.1, -0.05) is 24.6 Å². The van der Waals surface area contributed by atoms with E-state index in [1.807, 2.05) is 11.9 Å². The maximum atomic E-state index is 13.1. The second-order valence-electron chi connectivity index (χ2n) is 6.89. The number of likely N-dealkylation sites (N-methyl/N-ethyl adjacent to an activating group) is 1. The standard InChI is InChI=1S/C18H23F3N2O/c1-22-15-7-3-10-23(12-15)16(24)17(8-4-9-17)13-5-2-6-14(11-13)18(19,20)21/h2,5-6,11,15,22H,3-4,7-10,12H2,1H3. The number of alkyl halides is 3. The minimum Gasteiger partial charge on any atom is -0.340 e. The van der Waals surface area contributed by atoms with E-state index in [0.29, 0.717) is 31.5 Å². The molecule has 3 rings (SSSR count). The van der Waals surface area contributed by atoms with Gasteiger partial charge in [0.05, 0.1) is 11.0 Å². The lowest BCUT2D eigenvalue weighted by atomic mass is 9.63. The molecule has 0 radical (unpaired) electrons. The van der Waals surface area contributed by atoms with E-state index < -0.39 is 17.2 Å². The summed E-state index contributed by atoms with van der Waals surface area (Å²) >= 11 is 0. The number of rotatable bonds is 3. The first kappa shape index (κ1) is 17.3. The van der Waals surface area contributed by atoms with E-state index >= 15 is 0 Å². The minimum absolute atomic E-state index is 0.00646. The summed E-state index contributed by atoms with van der Waals surface area (Å²) in [6.45, 7) is 1.33. The summed E-state index contributed by atoms with van der Waals surface area (Å²) in [4.78, 5) is 15.0. The Morgan fingerprint density at radius 2 is 2.04 bits per heavy atom. The van der Waals surface area contributed by atoms with Crippen LogP contribution in [0.15, 0.2) is 24.3 Å². The normalized spacial score (nSPS) is 23.7. The fourth-order valence-corrected chi connectivity index (χ4v) is 3.85. The van der Waals surface area contributed by atoms with Crippen molar-refractivity contribution in [3.8, 4) is 0 Å². The summed E-state index contributed by atoms with van der Waals surface area (Å²) in [6, 6.07) is 5.58. The number of halogens is 3. The van der Waals surface area contributed by atoms with Crippen molar-refractivity contribution in [2.24, 2.45) is 0 Å². The molecule has 3 nitrogen and oxygen atoms in total. The van der Waals surface area contributed by atoms with Crippen LogP contribution in [-0.2, 0) is 16.4 Å². The van der Waals surface area contributed by atoms with Crippen molar-refractivity contribution in [1.29, 1.82) is 0 Å². The van der Waals surface area contributed by atoms with Crippen LogP contribution in [0.4, 0.5) is 13.2 Å². The number of carbonyl (C=O) groups is 1. The van der Waals surface area contributed by atoms with Crippen molar-refractivity contribution >= 4 is 5.91 Å². The number of hydrogen-bond acceptors (Lipinski definition) is 2. The molecule has 1 aliphatic carbocycles. The van der Waals surface area contributed by atoms with Gasteiger partial charge in [0.15, 0.2) is 0 Å². The van der Waals surface area contributed by atoms with Crippen molar-refractivity contribution in [2.75, 3.05) is 20.1 Å². The summed E-state index contributed by atoms with van der Waals surface area (Å²) in [5, 5.41) is 3.20. The quantitative estimate of drug-likeness (QED) is 0.915. The van der Waals surface area contributed by atoms with Crippen LogP contribution in [-0.4, -0.2) is 37.0 Å². The first-order valence-corrected chi connectivity index (χ1v) is 8.51. The lowest BCUT2D eigenvalue weighted by Gasteiger charge is -2.46. The number of carbonyl (C=O) groups excluding carboxylic acids is 1. The van der Waals surface area contributed by atoms with Crippen LogP contribution in [0.25, 0.3) is 0 Å². The molecule has 1 aliphatic heterocycles. The third-order valence-electron chi connectivity index (χ3n) is 5.48. The Balaban J connectivity index is 1.88. The SMILES string of the molecule is CNC1CCCN(C(=O)C2(c3cccc(C(F)(F)F)c3)CCC2)C1. The number of benzene rings is 1. The van der Waals surface area contributed by atoms with Crippen molar-refractivity contribution in [1.82, 2.24) is 10.2 Å². The van der Waals surface area contributed by atoms with Crippen LogP contribution in [0.1, 0.15) is 43.2 Å². The predicted molar refractivity (Wildman–Crippen MR) is 85.6 cm³/mol. The molecule has 1 saturated carbocycles. The van der Waals surface area contributed by atoms with Gasteiger partial charge >= 0.3 is 6.18 Å². The van der Waals surface area contributed by atoms with Crippen LogP contribution in [0.2, 0.25) is 0 Å². The van der Waals surface area contributed by atoms with E-state index in [9.17, 15) is 18.0 Å². The van der Waals surface area contributed by atoms with Gasteiger partial charge in [-0.2, -0.15) is 13.2 Å². The maximum Gasteiger partial charge on any atom is 0.416 e. The van der Waals surface area contributed by atoms with E-state index in [1.165, 1.54) is 6.07 Å². The molecule has 0 aromatic heterocycles. The molecule has 1 aromatic carbocycles. The number of piperidine rings is 1. The van der Waals surface area contributed by atoms with Gasteiger partial charge in [0.2, 0.25) is 5.91 Å². The molecule has 1 amide bonds. The molecule has 24 heavy (non-hydrogen) atoms. The van der Waals surface area contributed by atoms with Crippen LogP contribution < -0.4 is 5.32 Å². The summed E-state index contributed by atoms with van der Waals surface area (Å²) in [5.74, 6) is -0.00646. The summed E-state index contributed by atoms with van der Waals surface area (Å²) in [5.41, 5.74) is -0.928. The first-order valence-electron chi connectivity index (χ1n) is 8.51. The molecular formula is C18H23F3N2O. The molecule has 0 bridgehead atoms. The number of amides is 1. The third kappa shape index (κ3) is 3.04. The fourth-order valence-electron chi connectivity index (χ4n) is 3.85. The van der Waals surface area contributed by atoms with Crippen molar-refractivity contribution < 1.29 is 18.0 Å². The molecule has 132 valence electrons. The number of nitrogens with zero attached hydrogens (tertiary/aromatic N) is 1. The van der Waals surface area contributed by atoms with Gasteiger partial charge in [0, 0.05) is 19.1 Å². The van der Waals surface area contributed by atoms with Crippen LogP contribution >= 0.6 is 0 Å². The molecule has 6 heteroatoms. The van der Waals surface area contributed by atoms with Gasteiger partial charge in [-0.3, -0.25) is 4.79 Å². The van der Waals surface area contributed by atoms with E-state index in [0.717, 1.165) is 31.4 Å². The van der Waals surface area contributed by atoms with Gasteiger partial charge in [0.25, 0.3) is 0 Å². The average Bonchev–Trinajstić information content (AvgIpc) is 2.53. The average molecular weight is 340 g/mol. The van der Waals surface area contributed by atoms with Gasteiger partial charge in [-0.15, -0.1) is 0 Å². The smallest absolute Gasteiger partial charge is 0.340 e. The predicted octanol–water partition coefficient (Wildman–Crippen LogP) is 3.34. The van der Waals surface area contributed by atoms with Crippen molar-refractivity contribution in [3.63, 3.8) is 0 Å². The third-order valence-corrected chi connectivity index (χ3v) is 5.48. The summed E-state index contributed by atoms with van der Waals surface area (Å²) < 4.78 is 39.1. The maximum absolute atomic E-state index is 13.1. The number of hydrogen-bond donors (Lipinski definition) is 1. The van der Waals surface area contributed by atoms with Crippen LogP contribution in [0.3, 0.4) is 0 Å². The Hall–Kier alpha value is -1.56. The molecule has 1 N–H and O–H groups in total. The molecule has 0 spiro atoms. The van der Waals surface area contributed by atoms with E-state index in [1.54, 1.807) is 6.07 Å². The second-order valence-corrected chi connectivity index (χ2v) is 6.89. The van der Waals surface area contributed by atoms with Crippen molar-refractivity contribution in [2.45, 2.75) is 49.7 Å². The van der Waals surface area contributed by atoms with Crippen LogP contribution in [0.5, 0.6) is 0 Å². The molecule has 2 aliphatic rings. The highest BCUT2D eigenvalue weighted by molar-refractivity contribution is 5.89. The highest BCUT2D eigenvalue weighted by atomic mass is 19.4. The lowest BCUT2D eigenvalue weighted by molar-refractivity contribution is -0.143. The molecule has 1 atom stereocenters. The Morgan fingerprint density at radius 3 is 2.62 bits per heavy atom. The molecule has 1 aromatic rings. The van der Waals surface area contributed by atoms with E-state index in [2.05, 4.69) is 5.32 Å². The van der Waals surface area contributed by atoms with E-state index in [4.69, 9.17) is 0 Å². The topological polar surface area (TPSA) is 32.3 Å². The first-order chi connectivity index (χ1) is 11.4. The minimum atomic E-state index is -4.38. The van der Waals surface area contributed by atoms with Crippen molar-refractivity contribution in [3.05, 3.63) is 35.4 Å². The second kappa shape index (κ2) is 6.39. The summed E-state index contributed by atoms with van der Waals surface area (Å²) in [6.07, 6.45) is -0.286. The molecule has 1 unspecified atom stereocenters. The molecule has 1 saturated heterocycles. The Morgan fingerprint density at radius 1 is 1.29 bits per heavy atom. The van der Waals surface area contributed by atoms with E-state index in [-0.39, 0.29) is 11.9 Å². The van der Waals surface area contributed by atoms with Gasteiger partial charge in [-0.05, 0) is 44.4 Å². The van der Waals surface area contributed by atoms with Gasteiger partial charge < -0.3 is 10.2 Å². The fraction of sp³-hybridized carbons (Fsp3) is 0.611. The number of nitrogens with one attached hydrogen (secondary N) is 1. The highest BCUT2D eigenvalue weighted by Crippen LogP contribution is 2.46. The number of likely N-dealkylation sites (tertiary alicyclic amines) is 1. The Labute approximate surface area is 140 Å². The monoisotopic (exact) mass is 340 g/mol. The van der Waals surface area contributed by atoms with Gasteiger partial charge in [-0.25, -0.2) is 0 Å².